The van der Waals surface area contributed by atoms with Crippen LogP contribution in [0, 0.1) is 17.8 Å². The topological polar surface area (TPSA) is 46.2 Å². The van der Waals surface area contributed by atoms with E-state index in [2.05, 4.69) is 0 Å². The van der Waals surface area contributed by atoms with Crippen LogP contribution in [0.15, 0.2) is 0 Å². The van der Waals surface area contributed by atoms with Crippen LogP contribution in [0.3, 0.4) is 0 Å². The molecule has 0 aromatic heterocycles. The minimum Gasteiger partial charge on any atom is -0.207 e. The lowest BCUT2D eigenvalue weighted by Gasteiger charge is -2.21. The van der Waals surface area contributed by atoms with Gasteiger partial charge in [0.25, 0.3) is 0 Å². The zero-order valence-electron chi connectivity index (χ0n) is 9.33. The zero-order chi connectivity index (χ0) is 12.7. The van der Waals surface area contributed by atoms with Crippen molar-refractivity contribution in [2.75, 3.05) is 6.54 Å². The second-order valence-electron chi connectivity index (χ2n) is 5.07. The number of hydrogen-bond donors (Lipinski definition) is 1. The summed E-state index contributed by atoms with van der Waals surface area (Å²) in [5.74, 6) is 1.74. The van der Waals surface area contributed by atoms with Gasteiger partial charge >= 0.3 is 15.5 Å². The smallest absolute Gasteiger partial charge is 0.207 e. The van der Waals surface area contributed by atoms with Crippen LogP contribution in [0.4, 0.5) is 13.2 Å². The van der Waals surface area contributed by atoms with Gasteiger partial charge in [-0.15, -0.1) is 0 Å². The summed E-state index contributed by atoms with van der Waals surface area (Å²) in [5.41, 5.74) is -5.19. The Morgan fingerprint density at radius 1 is 1.18 bits per heavy atom. The van der Waals surface area contributed by atoms with E-state index in [4.69, 9.17) is 0 Å². The summed E-state index contributed by atoms with van der Waals surface area (Å²) in [6.45, 7) is -0.101. The highest BCUT2D eigenvalue weighted by Crippen LogP contribution is 2.49. The van der Waals surface area contributed by atoms with Gasteiger partial charge in [-0.3, -0.25) is 0 Å². The van der Waals surface area contributed by atoms with E-state index in [0.717, 1.165) is 18.8 Å². The van der Waals surface area contributed by atoms with Crippen LogP contribution in [0.5, 0.6) is 0 Å². The molecule has 2 rings (SSSR count). The first-order valence-corrected chi connectivity index (χ1v) is 7.34. The van der Waals surface area contributed by atoms with E-state index in [1.54, 1.807) is 4.72 Å². The Labute approximate surface area is 98.8 Å². The Balaban J connectivity index is 1.77. The van der Waals surface area contributed by atoms with Crippen LogP contribution < -0.4 is 4.72 Å². The van der Waals surface area contributed by atoms with E-state index in [1.165, 1.54) is 12.8 Å². The lowest BCUT2D eigenvalue weighted by atomic mass is 9.86. The van der Waals surface area contributed by atoms with E-state index in [0.29, 0.717) is 18.3 Å². The molecule has 0 radical (unpaired) electrons. The predicted octanol–water partition coefficient (Wildman–Crippen LogP) is 2.25. The average Bonchev–Trinajstić information content (AvgIpc) is 2.76. The lowest BCUT2D eigenvalue weighted by molar-refractivity contribution is -0.0448. The van der Waals surface area contributed by atoms with Crippen molar-refractivity contribution in [1.82, 2.24) is 4.72 Å². The van der Waals surface area contributed by atoms with Crippen LogP contribution in [0.2, 0.25) is 0 Å². The van der Waals surface area contributed by atoms with Crippen LogP contribution in [-0.2, 0) is 10.0 Å². The molecule has 0 saturated heterocycles. The summed E-state index contributed by atoms with van der Waals surface area (Å²) in [6, 6.07) is 0. The summed E-state index contributed by atoms with van der Waals surface area (Å²) < 4.78 is 59.2. The average molecular weight is 271 g/mol. The van der Waals surface area contributed by atoms with Crippen molar-refractivity contribution in [2.24, 2.45) is 17.8 Å². The molecule has 3 atom stereocenters. The second kappa shape index (κ2) is 4.42. The van der Waals surface area contributed by atoms with Gasteiger partial charge in [0.1, 0.15) is 0 Å². The fourth-order valence-electron chi connectivity index (χ4n) is 3.19. The van der Waals surface area contributed by atoms with Gasteiger partial charge in [-0.2, -0.15) is 13.2 Å². The Morgan fingerprint density at radius 3 is 2.35 bits per heavy atom. The number of hydrogen-bond acceptors (Lipinski definition) is 2. The van der Waals surface area contributed by atoms with Crippen molar-refractivity contribution >= 4 is 10.0 Å². The first-order valence-electron chi connectivity index (χ1n) is 5.85. The highest BCUT2D eigenvalue weighted by atomic mass is 32.2. The molecule has 0 aliphatic heterocycles. The molecule has 2 aliphatic carbocycles. The molecular formula is C10H16F3NO2S. The van der Waals surface area contributed by atoms with Crippen LogP contribution >= 0.6 is 0 Å². The van der Waals surface area contributed by atoms with Crippen molar-refractivity contribution in [3.8, 4) is 0 Å². The van der Waals surface area contributed by atoms with Crippen LogP contribution in [-0.4, -0.2) is 20.5 Å². The fraction of sp³-hybridized carbons (Fsp3) is 1.00. The molecule has 3 nitrogen and oxygen atoms in total. The van der Waals surface area contributed by atoms with Crippen molar-refractivity contribution in [3.63, 3.8) is 0 Å². The molecule has 0 spiro atoms. The zero-order valence-corrected chi connectivity index (χ0v) is 10.1. The molecule has 2 fully saturated rings. The van der Waals surface area contributed by atoms with Gasteiger partial charge in [0, 0.05) is 6.54 Å². The molecule has 0 aromatic carbocycles. The maximum absolute atomic E-state index is 12.0. The molecule has 1 N–H and O–H groups in total. The SMILES string of the molecule is O=S(=O)(NCCC1CC2CC[C@@H]1C2)C(F)(F)F. The van der Waals surface area contributed by atoms with Gasteiger partial charge < -0.3 is 0 Å². The van der Waals surface area contributed by atoms with Crippen molar-refractivity contribution in [3.05, 3.63) is 0 Å². The molecule has 2 saturated carbocycles. The molecule has 2 unspecified atom stereocenters. The molecular weight excluding hydrogens is 255 g/mol. The van der Waals surface area contributed by atoms with E-state index in [-0.39, 0.29) is 6.54 Å². The molecule has 2 aliphatic rings. The Hall–Kier alpha value is -0.300. The quantitative estimate of drug-likeness (QED) is 0.852. The molecule has 2 bridgehead atoms. The van der Waals surface area contributed by atoms with Gasteiger partial charge in [-0.25, -0.2) is 13.1 Å². The molecule has 7 heteroatoms. The van der Waals surface area contributed by atoms with Gasteiger partial charge in [0.05, 0.1) is 0 Å². The van der Waals surface area contributed by atoms with Crippen molar-refractivity contribution in [2.45, 2.75) is 37.6 Å². The van der Waals surface area contributed by atoms with Crippen molar-refractivity contribution < 1.29 is 21.6 Å². The monoisotopic (exact) mass is 271 g/mol. The predicted molar refractivity (Wildman–Crippen MR) is 56.5 cm³/mol. The van der Waals surface area contributed by atoms with E-state index >= 15 is 0 Å². The molecule has 0 aromatic rings. The summed E-state index contributed by atoms with van der Waals surface area (Å²) in [7, 11) is -5.15. The van der Waals surface area contributed by atoms with Gasteiger partial charge in [0.15, 0.2) is 0 Å². The van der Waals surface area contributed by atoms with Gasteiger partial charge in [0.2, 0.25) is 0 Å². The number of fused-ring (bicyclic) bond motifs is 2. The third-order valence-electron chi connectivity index (χ3n) is 4.00. The van der Waals surface area contributed by atoms with Gasteiger partial charge in [-0.05, 0) is 43.4 Å². The highest BCUT2D eigenvalue weighted by molar-refractivity contribution is 7.90. The highest BCUT2D eigenvalue weighted by Gasteiger charge is 2.46. The third-order valence-corrected chi connectivity index (χ3v) is 5.19. The second-order valence-corrected chi connectivity index (χ2v) is 6.83. The lowest BCUT2D eigenvalue weighted by Crippen LogP contribution is -2.37. The number of halogens is 3. The van der Waals surface area contributed by atoms with E-state index < -0.39 is 15.5 Å². The Kier molecular flexibility index (Phi) is 3.42. The molecule has 0 heterocycles. The maximum atomic E-state index is 12.0. The van der Waals surface area contributed by atoms with Crippen molar-refractivity contribution in [1.29, 1.82) is 0 Å². The number of alkyl halides is 3. The third kappa shape index (κ3) is 2.76. The largest absolute Gasteiger partial charge is 0.511 e. The first-order chi connectivity index (χ1) is 7.79. The maximum Gasteiger partial charge on any atom is 0.511 e. The van der Waals surface area contributed by atoms with E-state index in [1.807, 2.05) is 0 Å². The summed E-state index contributed by atoms with van der Waals surface area (Å²) in [5, 5.41) is 0. The number of rotatable bonds is 4. The van der Waals surface area contributed by atoms with Crippen LogP contribution in [0.1, 0.15) is 32.1 Å². The normalized spacial score (nSPS) is 33.2. The summed E-state index contributed by atoms with van der Waals surface area (Å²) >= 11 is 0. The fourth-order valence-corrected chi connectivity index (χ4v) is 3.74. The first kappa shape index (κ1) is 13.1. The van der Waals surface area contributed by atoms with Gasteiger partial charge in [-0.1, -0.05) is 6.42 Å². The minimum absolute atomic E-state index is 0.101. The number of sulfonamides is 1. The number of nitrogens with one attached hydrogen (secondary N) is 1. The summed E-state index contributed by atoms with van der Waals surface area (Å²) in [6.07, 6.45) is 5.14. The molecule has 0 amide bonds. The standard InChI is InChI=1S/C10H16F3NO2S/c11-10(12,13)17(15,16)14-4-3-9-6-7-1-2-8(9)5-7/h7-9,14H,1-6H2/t7?,8-,9?/m1/s1. The molecule has 17 heavy (non-hydrogen) atoms. The Bertz CT molecular complexity index is 380. The molecule has 100 valence electrons. The van der Waals surface area contributed by atoms with E-state index in [9.17, 15) is 21.6 Å². The Morgan fingerprint density at radius 2 is 1.88 bits per heavy atom. The minimum atomic E-state index is -5.19. The summed E-state index contributed by atoms with van der Waals surface area (Å²) in [4.78, 5) is 0. The van der Waals surface area contributed by atoms with Crippen LogP contribution in [0.25, 0.3) is 0 Å².